The van der Waals surface area contributed by atoms with Crippen molar-refractivity contribution in [1.82, 2.24) is 0 Å². The Morgan fingerprint density at radius 3 is 0.770 bits per heavy atom. The Kier molecular flexibility index (Phi) is 60.7. The SMILES string of the molecule is CCCCCCC/C=C\C/C=C\C/C=C\CCCCCCCCCCC(=O)OC(COC(=O)CCCCCCCCCC)COC(=O)CCCCCCCCCCCCCCC/C=C\CCCCCCCCCC. The highest BCUT2D eigenvalue weighted by Gasteiger charge is 2.19. The van der Waals surface area contributed by atoms with E-state index in [0.717, 1.165) is 77.0 Å². The third kappa shape index (κ3) is 60.2. The number of rotatable bonds is 60. The summed E-state index contributed by atoms with van der Waals surface area (Å²) in [5, 5.41) is 0. The second-order valence-electron chi connectivity index (χ2n) is 22.0. The van der Waals surface area contributed by atoms with E-state index in [4.69, 9.17) is 14.2 Å². The summed E-state index contributed by atoms with van der Waals surface area (Å²) in [5.74, 6) is -0.866. The zero-order valence-corrected chi connectivity index (χ0v) is 49.6. The topological polar surface area (TPSA) is 78.9 Å². The molecule has 0 aliphatic rings. The molecule has 0 rings (SSSR count). The van der Waals surface area contributed by atoms with Crippen LogP contribution < -0.4 is 0 Å². The zero-order valence-electron chi connectivity index (χ0n) is 49.6. The van der Waals surface area contributed by atoms with Crippen LogP contribution in [0.15, 0.2) is 48.6 Å². The van der Waals surface area contributed by atoms with Gasteiger partial charge in [-0.25, -0.2) is 0 Å². The molecule has 0 aromatic rings. The molecule has 0 amide bonds. The average Bonchev–Trinajstić information content (AvgIpc) is 3.40. The molecule has 0 saturated heterocycles. The molecular formula is C68H124O6. The smallest absolute Gasteiger partial charge is 0.306 e. The first-order valence-electron chi connectivity index (χ1n) is 32.6. The summed E-state index contributed by atoms with van der Waals surface area (Å²) in [6.07, 6.45) is 78.5. The molecule has 0 aromatic carbocycles. The number of hydrogen-bond acceptors (Lipinski definition) is 6. The van der Waals surface area contributed by atoms with E-state index in [9.17, 15) is 14.4 Å². The summed E-state index contributed by atoms with van der Waals surface area (Å²) < 4.78 is 16.9. The lowest BCUT2D eigenvalue weighted by Gasteiger charge is -2.18. The fourth-order valence-electron chi connectivity index (χ4n) is 9.62. The molecule has 0 N–H and O–H groups in total. The summed E-state index contributed by atoms with van der Waals surface area (Å²) in [7, 11) is 0. The molecule has 6 nitrogen and oxygen atoms in total. The molecular weight excluding hydrogens is 913 g/mol. The van der Waals surface area contributed by atoms with Crippen LogP contribution in [-0.4, -0.2) is 37.2 Å². The summed E-state index contributed by atoms with van der Waals surface area (Å²) in [6.45, 7) is 6.64. The molecule has 74 heavy (non-hydrogen) atoms. The van der Waals surface area contributed by atoms with Crippen molar-refractivity contribution < 1.29 is 28.6 Å². The van der Waals surface area contributed by atoms with Gasteiger partial charge in [0.05, 0.1) is 0 Å². The minimum atomic E-state index is -0.774. The number of allylic oxidation sites excluding steroid dienone is 8. The summed E-state index contributed by atoms with van der Waals surface area (Å²) in [4.78, 5) is 38.1. The normalized spacial score (nSPS) is 12.3. The molecule has 0 aliphatic heterocycles. The molecule has 0 radical (unpaired) electrons. The van der Waals surface area contributed by atoms with Crippen molar-refractivity contribution in [3.05, 3.63) is 48.6 Å². The van der Waals surface area contributed by atoms with Gasteiger partial charge < -0.3 is 14.2 Å². The van der Waals surface area contributed by atoms with Crippen LogP contribution in [0, 0.1) is 0 Å². The summed E-state index contributed by atoms with van der Waals surface area (Å²) in [6, 6.07) is 0. The highest BCUT2D eigenvalue weighted by molar-refractivity contribution is 5.71. The van der Waals surface area contributed by atoms with Gasteiger partial charge in [0.2, 0.25) is 0 Å². The number of carbonyl (C=O) groups excluding carboxylic acids is 3. The molecule has 1 unspecified atom stereocenters. The van der Waals surface area contributed by atoms with Crippen LogP contribution in [0.3, 0.4) is 0 Å². The minimum Gasteiger partial charge on any atom is -0.462 e. The van der Waals surface area contributed by atoms with Crippen LogP contribution in [0.5, 0.6) is 0 Å². The lowest BCUT2D eigenvalue weighted by molar-refractivity contribution is -0.167. The van der Waals surface area contributed by atoms with Crippen LogP contribution in [-0.2, 0) is 28.6 Å². The van der Waals surface area contributed by atoms with Gasteiger partial charge in [0.1, 0.15) is 13.2 Å². The van der Waals surface area contributed by atoms with Gasteiger partial charge in [-0.3, -0.25) is 14.4 Å². The monoisotopic (exact) mass is 1040 g/mol. The molecule has 0 saturated carbocycles. The zero-order chi connectivity index (χ0) is 53.6. The molecule has 432 valence electrons. The maximum atomic E-state index is 12.9. The fraction of sp³-hybridized carbons (Fsp3) is 0.838. The standard InChI is InChI=1S/C68H124O6/c1-4-7-10-13-16-19-21-23-25-27-29-31-33-34-36-37-39-41-43-45-47-49-52-55-58-61-67(70)73-64-65(63-72-66(69)60-57-54-51-18-15-12-9-6-3)74-68(71)62-59-56-53-50-48-46-44-42-40-38-35-32-30-28-26-24-22-20-17-14-11-8-5-2/h22,24,27-30,35,38,65H,4-21,23,25-26,31-34,36-37,39-64H2,1-3H3/b24-22-,29-27-,30-28-,38-35-. The van der Waals surface area contributed by atoms with Crippen molar-refractivity contribution >= 4 is 17.9 Å². The number of unbranched alkanes of at least 4 members (excludes halogenated alkanes) is 41. The van der Waals surface area contributed by atoms with Crippen LogP contribution >= 0.6 is 0 Å². The summed E-state index contributed by atoms with van der Waals surface area (Å²) >= 11 is 0. The Bertz CT molecular complexity index is 1280. The van der Waals surface area contributed by atoms with Crippen molar-refractivity contribution in [2.45, 2.75) is 354 Å². The average molecular weight is 1040 g/mol. The van der Waals surface area contributed by atoms with Gasteiger partial charge in [-0.1, -0.05) is 294 Å². The predicted octanol–water partition coefficient (Wildman–Crippen LogP) is 22.2. The Morgan fingerprint density at radius 1 is 0.270 bits per heavy atom. The van der Waals surface area contributed by atoms with Gasteiger partial charge in [0.15, 0.2) is 6.10 Å². The van der Waals surface area contributed by atoms with E-state index in [1.807, 2.05) is 0 Å². The van der Waals surface area contributed by atoms with Crippen molar-refractivity contribution in [1.29, 1.82) is 0 Å². The number of esters is 3. The lowest BCUT2D eigenvalue weighted by Crippen LogP contribution is -2.30. The van der Waals surface area contributed by atoms with Crippen molar-refractivity contribution in [2.75, 3.05) is 13.2 Å². The first-order chi connectivity index (χ1) is 36.5. The third-order valence-electron chi connectivity index (χ3n) is 14.6. The van der Waals surface area contributed by atoms with Gasteiger partial charge in [0.25, 0.3) is 0 Å². The minimum absolute atomic E-state index is 0.0730. The highest BCUT2D eigenvalue weighted by Crippen LogP contribution is 2.17. The molecule has 0 heterocycles. The fourth-order valence-corrected chi connectivity index (χ4v) is 9.62. The van der Waals surface area contributed by atoms with Gasteiger partial charge in [-0.15, -0.1) is 0 Å². The van der Waals surface area contributed by atoms with Crippen molar-refractivity contribution in [3.8, 4) is 0 Å². The van der Waals surface area contributed by atoms with E-state index in [1.54, 1.807) is 0 Å². The van der Waals surface area contributed by atoms with E-state index in [0.29, 0.717) is 19.3 Å². The van der Waals surface area contributed by atoms with Crippen LogP contribution in [0.4, 0.5) is 0 Å². The second-order valence-corrected chi connectivity index (χ2v) is 22.0. The van der Waals surface area contributed by atoms with E-state index in [2.05, 4.69) is 69.4 Å². The maximum Gasteiger partial charge on any atom is 0.306 e. The number of ether oxygens (including phenoxy) is 3. The van der Waals surface area contributed by atoms with Gasteiger partial charge in [-0.05, 0) is 83.5 Å². The molecule has 0 aliphatic carbocycles. The Hall–Kier alpha value is -2.63. The quantitative estimate of drug-likeness (QED) is 0.0261. The van der Waals surface area contributed by atoms with Gasteiger partial charge >= 0.3 is 17.9 Å². The largest absolute Gasteiger partial charge is 0.462 e. The number of carbonyl (C=O) groups is 3. The van der Waals surface area contributed by atoms with Crippen molar-refractivity contribution in [2.24, 2.45) is 0 Å². The van der Waals surface area contributed by atoms with Crippen molar-refractivity contribution in [3.63, 3.8) is 0 Å². The predicted molar refractivity (Wildman–Crippen MR) is 321 cm³/mol. The molecule has 0 bridgehead atoms. The Morgan fingerprint density at radius 2 is 0.486 bits per heavy atom. The van der Waals surface area contributed by atoms with Gasteiger partial charge in [0, 0.05) is 19.3 Å². The van der Waals surface area contributed by atoms with Crippen LogP contribution in [0.1, 0.15) is 348 Å². The Balaban J connectivity index is 4.15. The van der Waals surface area contributed by atoms with Crippen LogP contribution in [0.25, 0.3) is 0 Å². The first-order valence-corrected chi connectivity index (χ1v) is 32.6. The van der Waals surface area contributed by atoms with Gasteiger partial charge in [-0.2, -0.15) is 0 Å². The highest BCUT2D eigenvalue weighted by atomic mass is 16.6. The molecule has 0 aromatic heterocycles. The van der Waals surface area contributed by atoms with Crippen LogP contribution in [0.2, 0.25) is 0 Å². The maximum absolute atomic E-state index is 12.9. The first kappa shape index (κ1) is 71.4. The van der Waals surface area contributed by atoms with E-state index in [-0.39, 0.29) is 31.1 Å². The number of hydrogen-bond donors (Lipinski definition) is 0. The third-order valence-corrected chi connectivity index (χ3v) is 14.6. The van der Waals surface area contributed by atoms with E-state index < -0.39 is 6.10 Å². The second kappa shape index (κ2) is 62.9. The molecule has 6 heteroatoms. The Labute approximate surface area is 460 Å². The molecule has 0 fully saturated rings. The molecule has 1 atom stereocenters. The van der Waals surface area contributed by atoms with E-state index >= 15 is 0 Å². The summed E-state index contributed by atoms with van der Waals surface area (Å²) in [5.41, 5.74) is 0. The molecule has 0 spiro atoms. The van der Waals surface area contributed by atoms with E-state index in [1.165, 1.54) is 231 Å². The lowest BCUT2D eigenvalue weighted by atomic mass is 10.0.